The number of alkyl halides is 3. The highest BCUT2D eigenvalue weighted by molar-refractivity contribution is 7.90. The number of carboxylic acid groups (broad SMARTS) is 1. The second kappa shape index (κ2) is 33.9. The number of pyridine rings is 1. The van der Waals surface area contributed by atoms with Gasteiger partial charge in [0.25, 0.3) is 37.8 Å². The van der Waals surface area contributed by atoms with Crippen LogP contribution < -0.4 is 44.5 Å². The molecular formula is C52H59Cl2F3N13O19PS2. The van der Waals surface area contributed by atoms with Crippen molar-refractivity contribution in [1.82, 2.24) is 49.6 Å². The number of ether oxygens (including phenoxy) is 4. The van der Waals surface area contributed by atoms with Gasteiger partial charge in [0.1, 0.15) is 10.9 Å². The highest BCUT2D eigenvalue weighted by Crippen LogP contribution is 2.37. The predicted molar refractivity (Wildman–Crippen MR) is 320 cm³/mol. The molecule has 0 unspecified atom stereocenters. The lowest BCUT2D eigenvalue weighted by atomic mass is 9.93. The third-order valence-electron chi connectivity index (χ3n) is 11.5. The Morgan fingerprint density at radius 2 is 1.38 bits per heavy atom. The summed E-state index contributed by atoms with van der Waals surface area (Å²) < 4.78 is 120. The van der Waals surface area contributed by atoms with Gasteiger partial charge in [-0.05, 0) is 99.6 Å². The monoisotopic (exact) mass is 1390 g/mol. The summed E-state index contributed by atoms with van der Waals surface area (Å²) in [6.07, 6.45) is -1.15. The van der Waals surface area contributed by atoms with Crippen LogP contribution in [0.4, 0.5) is 40.3 Å². The van der Waals surface area contributed by atoms with Crippen molar-refractivity contribution in [2.45, 2.75) is 68.5 Å². The van der Waals surface area contributed by atoms with Crippen LogP contribution in [0, 0.1) is 6.92 Å². The Kier molecular flexibility index (Phi) is 27.8. The fourth-order valence-corrected chi connectivity index (χ4v) is 10.6. The molecule has 5 aromatic rings. The minimum atomic E-state index is -4.46. The molecule has 1 aliphatic heterocycles. The second-order valence-electron chi connectivity index (χ2n) is 18.5. The van der Waals surface area contributed by atoms with Gasteiger partial charge in [0, 0.05) is 42.9 Å². The molecule has 0 spiro atoms. The van der Waals surface area contributed by atoms with Crippen LogP contribution in [-0.2, 0) is 54.9 Å². The van der Waals surface area contributed by atoms with E-state index < -0.39 is 99.3 Å². The summed E-state index contributed by atoms with van der Waals surface area (Å²) in [6, 6.07) is 11.5. The molecule has 0 radical (unpaired) electrons. The number of nitrogens with zero attached hydrogens (tertiary/aromatic N) is 8. The Balaban J connectivity index is 0.000000274. The van der Waals surface area contributed by atoms with Gasteiger partial charge in [0.2, 0.25) is 23.7 Å². The summed E-state index contributed by atoms with van der Waals surface area (Å²) in [6.45, 7) is 2.94. The number of carbonyl (C=O) groups excluding carboxylic acids is 6. The molecule has 1 aliphatic carbocycles. The lowest BCUT2D eigenvalue weighted by Crippen LogP contribution is -2.36. The van der Waals surface area contributed by atoms with Gasteiger partial charge in [-0.3, -0.25) is 39.7 Å². The first-order valence-electron chi connectivity index (χ1n) is 26.2. The number of carboxylic acids is 1. The van der Waals surface area contributed by atoms with Crippen LogP contribution in [0.25, 0.3) is 6.08 Å². The van der Waals surface area contributed by atoms with Crippen LogP contribution in [0.1, 0.15) is 66.3 Å². The second-order valence-corrected chi connectivity index (χ2v) is 24.2. The number of rotatable bonds is 20. The zero-order chi connectivity index (χ0) is 68.9. The molecule has 0 atom stereocenters. The minimum absolute atomic E-state index is 0.0715. The number of imide groups is 1. The standard InChI is InChI=1S/C19H17Cl2NO4.C15H16F3N5O4S.C15H18N6O6S.C3H8NO5P/c1-2-26-19(25)16(21)10-11-9-12(7-8-15(11)20)22-17(23)13-5-3-4-6-14(13)18(22)24;1-9-19-12(22-14(20-9)27-2)21-13(24)23-28(25,26)11-6-4-3-5-10(11)7-8-15(16,17)18;1-21(2)13(22)9-6-5-7-16-12(9)28(24,25)20-15(23)19-14-17-10(26-3)8-11(18-14)27-4;5-3(6)1-4-2-10(7,8)9/h7-10H,2-6H2,1H3;3-6H,7-8H2,1-2H3,(H2,19,20,21,22,23,24);5-8H,1-4H3,(H2,17,18,19,20,23);4H,1-2H2,(H,5,6)(H2,7,8,9)/b16-10-;;;. The number of halogens is 5. The Morgan fingerprint density at radius 3 is 1.91 bits per heavy atom. The Labute approximate surface area is 532 Å². The molecule has 0 saturated heterocycles. The lowest BCUT2D eigenvalue weighted by Gasteiger charge is -2.16. The normalized spacial score (nSPS) is 13.1. The summed E-state index contributed by atoms with van der Waals surface area (Å²) in [4.78, 5) is 124. The molecule has 40 heteroatoms. The molecule has 0 bridgehead atoms. The number of methoxy groups -OCH3 is 3. The van der Waals surface area contributed by atoms with Crippen molar-refractivity contribution in [1.29, 1.82) is 0 Å². The molecule has 32 nitrogen and oxygen atoms in total. The number of aromatic nitrogens is 6. The predicted octanol–water partition coefficient (Wildman–Crippen LogP) is 5.32. The Bertz CT molecular complexity index is 3870. The molecule has 7 amide bonds. The van der Waals surface area contributed by atoms with E-state index in [0.717, 1.165) is 18.9 Å². The summed E-state index contributed by atoms with van der Waals surface area (Å²) in [5.41, 5.74) is 1.78. The molecule has 7 rings (SSSR count). The first-order valence-corrected chi connectivity index (χ1v) is 31.7. The molecule has 4 heterocycles. The first kappa shape index (κ1) is 75.5. The number of hydrogen-bond acceptors (Lipinski definition) is 23. The van der Waals surface area contributed by atoms with E-state index in [1.165, 1.54) is 101 Å². The number of aliphatic carboxylic acids is 1. The van der Waals surface area contributed by atoms with Crippen molar-refractivity contribution in [3.8, 4) is 17.8 Å². The van der Waals surface area contributed by atoms with E-state index in [1.807, 2.05) is 0 Å². The first-order chi connectivity index (χ1) is 43.0. The maximum atomic E-state index is 12.7. The van der Waals surface area contributed by atoms with Crippen LogP contribution >= 0.6 is 30.8 Å². The summed E-state index contributed by atoms with van der Waals surface area (Å²) in [5.74, 6) is -3.08. The van der Waals surface area contributed by atoms with E-state index in [2.05, 4.69) is 45.9 Å². The minimum Gasteiger partial charge on any atom is -0.481 e. The van der Waals surface area contributed by atoms with Gasteiger partial charge in [0.15, 0.2) is 5.03 Å². The van der Waals surface area contributed by atoms with E-state index in [-0.39, 0.29) is 70.1 Å². The maximum absolute atomic E-state index is 12.7. The van der Waals surface area contributed by atoms with Gasteiger partial charge in [-0.25, -0.2) is 42.1 Å². The Hall–Kier alpha value is -8.97. The molecular weight excluding hydrogens is 1330 g/mol. The highest BCUT2D eigenvalue weighted by atomic mass is 35.5. The van der Waals surface area contributed by atoms with Gasteiger partial charge in [-0.1, -0.05) is 41.4 Å². The van der Waals surface area contributed by atoms with Crippen molar-refractivity contribution < 1.29 is 102 Å². The van der Waals surface area contributed by atoms with Gasteiger partial charge < -0.3 is 38.7 Å². The van der Waals surface area contributed by atoms with Crippen LogP contribution in [0.2, 0.25) is 5.02 Å². The van der Waals surface area contributed by atoms with Crippen molar-refractivity contribution >= 4 is 116 Å². The smallest absolute Gasteiger partial charge is 0.389 e. The van der Waals surface area contributed by atoms with Crippen LogP contribution in [0.15, 0.2) is 93.0 Å². The number of urea groups is 2. The number of carbonyl (C=O) groups is 7. The van der Waals surface area contributed by atoms with Gasteiger partial charge in [0.05, 0.1) is 63.0 Å². The summed E-state index contributed by atoms with van der Waals surface area (Å²) in [7, 11) is -6.09. The molecule has 0 fully saturated rings. The van der Waals surface area contributed by atoms with Crippen molar-refractivity contribution in [3.05, 3.63) is 111 Å². The van der Waals surface area contributed by atoms with E-state index in [1.54, 1.807) is 34.6 Å². The molecule has 0 saturated carbocycles. The van der Waals surface area contributed by atoms with Gasteiger partial charge >= 0.3 is 43.8 Å². The molecule has 498 valence electrons. The third kappa shape index (κ3) is 23.4. The van der Waals surface area contributed by atoms with Crippen molar-refractivity contribution in [2.75, 3.05) is 70.4 Å². The van der Waals surface area contributed by atoms with E-state index >= 15 is 0 Å². The van der Waals surface area contributed by atoms with E-state index in [0.29, 0.717) is 40.3 Å². The summed E-state index contributed by atoms with van der Waals surface area (Å²) in [5, 5.41) is 13.9. The largest absolute Gasteiger partial charge is 0.481 e. The zero-order valence-electron chi connectivity index (χ0n) is 49.4. The number of hydrogen-bond donors (Lipinski definition) is 8. The number of esters is 1. The number of benzene rings is 2. The maximum Gasteiger partial charge on any atom is 0.389 e. The lowest BCUT2D eigenvalue weighted by molar-refractivity contribution is -0.138. The fourth-order valence-electron chi connectivity index (χ4n) is 7.59. The van der Waals surface area contributed by atoms with Crippen LogP contribution in [0.5, 0.6) is 17.8 Å². The molecule has 3 aromatic heterocycles. The molecule has 92 heavy (non-hydrogen) atoms. The van der Waals surface area contributed by atoms with Gasteiger partial charge in [-0.2, -0.15) is 46.5 Å². The Morgan fingerprint density at radius 1 is 0.804 bits per heavy atom. The third-order valence-corrected chi connectivity index (χ3v) is 15.5. The van der Waals surface area contributed by atoms with Crippen LogP contribution in [-0.4, -0.2) is 169 Å². The SMILES string of the molecule is CCOC(=O)/C(Cl)=C/c1cc(N2C(=O)C3=C(CCCC3)C2=O)ccc1Cl.COc1cc(OC)nc(NC(=O)NS(=O)(=O)c2ncccc2C(=O)N(C)C)n1.COc1nc(C)nc(NC(=O)NS(=O)(=O)c2ccccc2CCC(F)(F)F)n1.O=C(O)CNCP(=O)(O)O. The number of anilines is 3. The van der Waals surface area contributed by atoms with Crippen molar-refractivity contribution in [2.24, 2.45) is 0 Å². The van der Waals surface area contributed by atoms with Crippen LogP contribution in [0.3, 0.4) is 0 Å². The average Bonchev–Trinajstić information content (AvgIpc) is 1.60. The topological polar surface area (TPSA) is 446 Å². The fraction of sp³-hybridized carbons (Fsp3) is 0.327. The quantitative estimate of drug-likeness (QED) is 0.0211. The van der Waals surface area contributed by atoms with Gasteiger partial charge in [-0.15, -0.1) is 0 Å². The van der Waals surface area contributed by atoms with Crippen molar-refractivity contribution in [3.63, 3.8) is 0 Å². The number of amides is 7. The average molecular weight is 1390 g/mol. The number of aryl methyl sites for hydroxylation is 2. The zero-order valence-corrected chi connectivity index (χ0v) is 53.4. The number of sulfonamides is 2. The molecule has 2 aliphatic rings. The molecule has 8 N–H and O–H groups in total. The summed E-state index contributed by atoms with van der Waals surface area (Å²) >= 11 is 12.1. The molecule has 2 aromatic carbocycles. The van der Waals surface area contributed by atoms with E-state index in [9.17, 15) is 68.1 Å². The number of nitrogens with one attached hydrogen (secondary N) is 5. The van der Waals surface area contributed by atoms with E-state index in [4.69, 9.17) is 57.0 Å². The highest BCUT2D eigenvalue weighted by Gasteiger charge is 2.40.